The average Bonchev–Trinajstić information content (AvgIpc) is 2.85. The van der Waals surface area contributed by atoms with Gasteiger partial charge in [0, 0.05) is 24.5 Å². The fourth-order valence-electron chi connectivity index (χ4n) is 1.97. The van der Waals surface area contributed by atoms with E-state index in [9.17, 15) is 9.59 Å². The highest BCUT2D eigenvalue weighted by atomic mass is 16.2. The first-order valence-corrected chi connectivity index (χ1v) is 6.71. The van der Waals surface area contributed by atoms with Gasteiger partial charge in [-0.05, 0) is 30.2 Å². The summed E-state index contributed by atoms with van der Waals surface area (Å²) in [5.41, 5.74) is 7.27. The molecular formula is C14H20N4O2. The number of carbonyl (C=O) groups is 2. The summed E-state index contributed by atoms with van der Waals surface area (Å²) < 4.78 is 0. The maximum atomic E-state index is 11.8. The summed E-state index contributed by atoms with van der Waals surface area (Å²) >= 11 is 0. The van der Waals surface area contributed by atoms with Gasteiger partial charge in [-0.3, -0.25) is 9.69 Å². The van der Waals surface area contributed by atoms with Gasteiger partial charge >= 0.3 is 6.03 Å². The fraction of sp³-hybridized carbons (Fsp3) is 0.429. The van der Waals surface area contributed by atoms with E-state index in [0.717, 1.165) is 5.69 Å². The number of rotatable bonds is 4. The molecule has 1 aromatic rings. The van der Waals surface area contributed by atoms with Crippen molar-refractivity contribution in [2.45, 2.75) is 19.9 Å². The zero-order valence-corrected chi connectivity index (χ0v) is 11.7. The minimum Gasteiger partial charge on any atom is -0.336 e. The number of carbonyl (C=O) groups excluding carboxylic acids is 2. The van der Waals surface area contributed by atoms with E-state index >= 15 is 0 Å². The summed E-state index contributed by atoms with van der Waals surface area (Å²) in [6.45, 7) is 5.11. The second-order valence-electron chi connectivity index (χ2n) is 5.19. The normalized spacial score (nSPS) is 16.2. The molecule has 3 amide bonds. The Morgan fingerprint density at radius 3 is 2.50 bits per heavy atom. The third-order valence-electron chi connectivity index (χ3n) is 3.32. The first kappa shape index (κ1) is 14.3. The molecule has 20 heavy (non-hydrogen) atoms. The van der Waals surface area contributed by atoms with Gasteiger partial charge in [0.05, 0.1) is 6.04 Å². The molecule has 0 spiro atoms. The molecule has 1 atom stereocenters. The monoisotopic (exact) mass is 276 g/mol. The molecule has 0 bridgehead atoms. The van der Waals surface area contributed by atoms with Crippen molar-refractivity contribution < 1.29 is 9.59 Å². The molecule has 2 rings (SSSR count). The highest BCUT2D eigenvalue weighted by Crippen LogP contribution is 2.19. The first-order valence-electron chi connectivity index (χ1n) is 6.71. The summed E-state index contributed by atoms with van der Waals surface area (Å²) in [7, 11) is 0. The van der Waals surface area contributed by atoms with Crippen LogP contribution in [-0.2, 0) is 4.79 Å². The van der Waals surface area contributed by atoms with Crippen LogP contribution in [0.25, 0.3) is 0 Å². The highest BCUT2D eigenvalue weighted by molar-refractivity contribution is 5.96. The molecule has 1 aliphatic rings. The highest BCUT2D eigenvalue weighted by Gasteiger charge is 2.21. The van der Waals surface area contributed by atoms with E-state index in [2.05, 4.69) is 10.6 Å². The number of nitrogens with one attached hydrogen (secondary N) is 2. The van der Waals surface area contributed by atoms with Crippen LogP contribution in [0.15, 0.2) is 24.3 Å². The molecule has 1 aromatic carbocycles. The van der Waals surface area contributed by atoms with Crippen molar-refractivity contribution in [2.24, 2.45) is 11.7 Å². The van der Waals surface area contributed by atoms with Gasteiger partial charge in [-0.15, -0.1) is 0 Å². The van der Waals surface area contributed by atoms with Gasteiger partial charge < -0.3 is 16.4 Å². The number of benzene rings is 1. The van der Waals surface area contributed by atoms with Crippen LogP contribution >= 0.6 is 0 Å². The third kappa shape index (κ3) is 3.08. The molecule has 1 fully saturated rings. The quantitative estimate of drug-likeness (QED) is 0.770. The predicted octanol–water partition coefficient (Wildman–Crippen LogP) is 1.14. The lowest BCUT2D eigenvalue weighted by Gasteiger charge is -2.17. The SMILES string of the molecule is CC(C)[C@@H](N)C(=O)Nc1ccc(N2CCNC2=O)cc1. The lowest BCUT2D eigenvalue weighted by Crippen LogP contribution is -2.39. The lowest BCUT2D eigenvalue weighted by molar-refractivity contribution is -0.118. The molecular weight excluding hydrogens is 256 g/mol. The largest absolute Gasteiger partial charge is 0.336 e. The molecule has 1 aliphatic heterocycles. The van der Waals surface area contributed by atoms with Crippen molar-refractivity contribution in [1.29, 1.82) is 0 Å². The lowest BCUT2D eigenvalue weighted by atomic mass is 10.0. The maximum Gasteiger partial charge on any atom is 0.321 e. The van der Waals surface area contributed by atoms with Crippen molar-refractivity contribution in [2.75, 3.05) is 23.3 Å². The van der Waals surface area contributed by atoms with Crippen LogP contribution in [0.2, 0.25) is 0 Å². The molecule has 0 unspecified atom stereocenters. The summed E-state index contributed by atoms with van der Waals surface area (Å²) in [5, 5.41) is 5.51. The minimum absolute atomic E-state index is 0.0857. The first-order chi connectivity index (χ1) is 9.49. The number of nitrogens with two attached hydrogens (primary N) is 1. The number of hydrogen-bond acceptors (Lipinski definition) is 3. The standard InChI is InChI=1S/C14H20N4O2/c1-9(2)12(15)13(19)17-10-3-5-11(6-4-10)18-8-7-16-14(18)20/h3-6,9,12H,7-8,15H2,1-2H3,(H,16,20)(H,17,19)/t12-/m1/s1. The summed E-state index contributed by atoms with van der Waals surface area (Å²) in [4.78, 5) is 25.0. The Hall–Kier alpha value is -2.08. The van der Waals surface area contributed by atoms with Crippen LogP contribution in [-0.4, -0.2) is 31.1 Å². The van der Waals surface area contributed by atoms with Gasteiger partial charge in [0.2, 0.25) is 5.91 Å². The zero-order valence-electron chi connectivity index (χ0n) is 11.7. The molecule has 6 nitrogen and oxygen atoms in total. The Bertz CT molecular complexity index is 498. The Labute approximate surface area is 118 Å². The van der Waals surface area contributed by atoms with Crippen molar-refractivity contribution in [1.82, 2.24) is 5.32 Å². The van der Waals surface area contributed by atoms with E-state index in [1.807, 2.05) is 13.8 Å². The average molecular weight is 276 g/mol. The van der Waals surface area contributed by atoms with E-state index in [1.165, 1.54) is 0 Å². The Morgan fingerprint density at radius 2 is 2.00 bits per heavy atom. The second kappa shape index (κ2) is 5.92. The third-order valence-corrected chi connectivity index (χ3v) is 3.32. The summed E-state index contributed by atoms with van der Waals surface area (Å²) in [6, 6.07) is 6.53. The van der Waals surface area contributed by atoms with E-state index in [1.54, 1.807) is 29.2 Å². The molecule has 1 heterocycles. The predicted molar refractivity (Wildman–Crippen MR) is 78.6 cm³/mol. The fourth-order valence-corrected chi connectivity index (χ4v) is 1.97. The number of urea groups is 1. The van der Waals surface area contributed by atoms with Crippen molar-refractivity contribution in [3.05, 3.63) is 24.3 Å². The van der Waals surface area contributed by atoms with E-state index < -0.39 is 6.04 Å². The molecule has 4 N–H and O–H groups in total. The smallest absolute Gasteiger partial charge is 0.321 e. The van der Waals surface area contributed by atoms with Crippen molar-refractivity contribution in [3.63, 3.8) is 0 Å². The van der Waals surface area contributed by atoms with Crippen LogP contribution < -0.4 is 21.3 Å². The Morgan fingerprint density at radius 1 is 1.35 bits per heavy atom. The summed E-state index contributed by atoms with van der Waals surface area (Å²) in [5.74, 6) is -0.116. The molecule has 6 heteroatoms. The molecule has 0 aliphatic carbocycles. The molecule has 1 saturated heterocycles. The van der Waals surface area contributed by atoms with Crippen LogP contribution in [0.4, 0.5) is 16.2 Å². The topological polar surface area (TPSA) is 87.5 Å². The Kier molecular flexibility index (Phi) is 4.24. The minimum atomic E-state index is -0.529. The van der Waals surface area contributed by atoms with Gasteiger partial charge in [-0.1, -0.05) is 13.8 Å². The zero-order chi connectivity index (χ0) is 14.7. The van der Waals surface area contributed by atoms with Crippen LogP contribution in [0, 0.1) is 5.92 Å². The van der Waals surface area contributed by atoms with Crippen LogP contribution in [0.3, 0.4) is 0 Å². The van der Waals surface area contributed by atoms with E-state index in [0.29, 0.717) is 18.8 Å². The summed E-state index contributed by atoms with van der Waals surface area (Å²) in [6.07, 6.45) is 0. The van der Waals surface area contributed by atoms with Gasteiger partial charge in [0.15, 0.2) is 0 Å². The van der Waals surface area contributed by atoms with Gasteiger partial charge in [-0.25, -0.2) is 4.79 Å². The van der Waals surface area contributed by atoms with Crippen LogP contribution in [0.5, 0.6) is 0 Å². The van der Waals surface area contributed by atoms with E-state index in [-0.39, 0.29) is 17.9 Å². The van der Waals surface area contributed by atoms with Crippen molar-refractivity contribution in [3.8, 4) is 0 Å². The van der Waals surface area contributed by atoms with E-state index in [4.69, 9.17) is 5.73 Å². The van der Waals surface area contributed by atoms with Gasteiger partial charge in [0.25, 0.3) is 0 Å². The Balaban J connectivity index is 2.01. The molecule has 0 saturated carbocycles. The number of nitrogens with zero attached hydrogens (tertiary/aromatic N) is 1. The molecule has 0 aromatic heterocycles. The van der Waals surface area contributed by atoms with Crippen molar-refractivity contribution >= 4 is 23.3 Å². The molecule has 108 valence electrons. The number of hydrogen-bond donors (Lipinski definition) is 3. The number of amides is 3. The van der Waals surface area contributed by atoms with Gasteiger partial charge in [0.1, 0.15) is 0 Å². The van der Waals surface area contributed by atoms with Crippen LogP contribution in [0.1, 0.15) is 13.8 Å². The second-order valence-corrected chi connectivity index (χ2v) is 5.19. The van der Waals surface area contributed by atoms with Gasteiger partial charge in [-0.2, -0.15) is 0 Å². The maximum absolute atomic E-state index is 11.8. The number of anilines is 2. The molecule has 0 radical (unpaired) electrons.